The lowest BCUT2D eigenvalue weighted by Gasteiger charge is -1.92. The van der Waals surface area contributed by atoms with Crippen LogP contribution >= 0.6 is 12.2 Å². The van der Waals surface area contributed by atoms with Crippen LogP contribution < -0.4 is 0 Å². The predicted octanol–water partition coefficient (Wildman–Crippen LogP) is 2.51. The summed E-state index contributed by atoms with van der Waals surface area (Å²) in [5, 5.41) is 7.37. The van der Waals surface area contributed by atoms with Crippen molar-refractivity contribution in [1.82, 2.24) is 4.68 Å². The zero-order valence-electron chi connectivity index (χ0n) is 6.27. The van der Waals surface area contributed by atoms with Gasteiger partial charge in [0.25, 0.3) is 0 Å². The first-order valence-electron chi connectivity index (χ1n) is 3.56. The van der Waals surface area contributed by atoms with E-state index < -0.39 is 0 Å². The fourth-order valence-electron chi connectivity index (χ4n) is 1.20. The number of hydrogen-bond acceptors (Lipinski definition) is 2. The summed E-state index contributed by atoms with van der Waals surface area (Å²) in [5.41, 5.74) is 1.05. The van der Waals surface area contributed by atoms with Crippen LogP contribution in [0.15, 0.2) is 41.6 Å². The number of thiocarbonyl (C=S) groups is 1. The molecule has 2 aromatic rings. The van der Waals surface area contributed by atoms with E-state index in [1.54, 1.807) is 4.68 Å². The Balaban J connectivity index is 2.78. The average Bonchev–Trinajstić information content (AvgIpc) is 2.50. The molecular weight excluding hydrogens is 168 g/mol. The fourth-order valence-corrected chi connectivity index (χ4v) is 1.29. The van der Waals surface area contributed by atoms with Gasteiger partial charge in [0.2, 0.25) is 0 Å². The van der Waals surface area contributed by atoms with Crippen LogP contribution in [0, 0.1) is 0 Å². The molecule has 0 saturated carbocycles. The molecule has 0 aliphatic carbocycles. The molecule has 2 nitrogen and oxygen atoms in total. The highest BCUT2D eigenvalue weighted by molar-refractivity contribution is 7.78. The standard InChI is InChI=1S/C9H6N2S/c12-7-10-11-6-5-8-3-1-2-4-9(8)11/h1-6H. The second-order valence-electron chi connectivity index (χ2n) is 2.41. The largest absolute Gasteiger partial charge is 0.231 e. The van der Waals surface area contributed by atoms with Crippen LogP contribution in [0.2, 0.25) is 0 Å². The fraction of sp³-hybridized carbons (Fsp3) is 0. The SMILES string of the molecule is S=C=Nn1ccc2ccccc21. The second-order valence-corrected chi connectivity index (χ2v) is 2.59. The Kier molecular flexibility index (Phi) is 1.74. The number of benzene rings is 1. The highest BCUT2D eigenvalue weighted by Gasteiger charge is 1.95. The first-order chi connectivity index (χ1) is 5.92. The summed E-state index contributed by atoms with van der Waals surface area (Å²) in [6, 6.07) is 9.98. The Morgan fingerprint density at radius 2 is 2.08 bits per heavy atom. The quantitative estimate of drug-likeness (QED) is 0.479. The molecule has 0 saturated heterocycles. The molecule has 0 amide bonds. The normalized spacial score (nSPS) is 9.67. The van der Waals surface area contributed by atoms with Gasteiger partial charge in [-0.1, -0.05) is 18.2 Å². The molecule has 3 heteroatoms. The number of rotatable bonds is 1. The highest BCUT2D eigenvalue weighted by Crippen LogP contribution is 2.13. The topological polar surface area (TPSA) is 17.3 Å². The van der Waals surface area contributed by atoms with Crippen LogP contribution in [0.3, 0.4) is 0 Å². The third-order valence-electron chi connectivity index (χ3n) is 1.73. The molecule has 0 aliphatic heterocycles. The molecular formula is C9H6N2S. The van der Waals surface area contributed by atoms with Gasteiger partial charge in [0.05, 0.1) is 10.7 Å². The summed E-state index contributed by atoms with van der Waals surface area (Å²) in [4.78, 5) is 0. The zero-order valence-corrected chi connectivity index (χ0v) is 7.08. The minimum atomic E-state index is 1.05. The molecule has 0 fully saturated rings. The van der Waals surface area contributed by atoms with Crippen LogP contribution in [0.5, 0.6) is 0 Å². The number of isothiocyanates is 1. The maximum absolute atomic E-state index is 4.53. The van der Waals surface area contributed by atoms with Crippen molar-refractivity contribution in [3.63, 3.8) is 0 Å². The third-order valence-corrected chi connectivity index (χ3v) is 1.81. The van der Waals surface area contributed by atoms with E-state index in [-0.39, 0.29) is 0 Å². The van der Waals surface area contributed by atoms with E-state index >= 15 is 0 Å². The van der Waals surface area contributed by atoms with Crippen molar-refractivity contribution in [1.29, 1.82) is 0 Å². The Hall–Kier alpha value is -1.44. The number of hydrogen-bond donors (Lipinski definition) is 0. The van der Waals surface area contributed by atoms with E-state index in [1.165, 1.54) is 0 Å². The van der Waals surface area contributed by atoms with Crippen LogP contribution in [-0.2, 0) is 0 Å². The van der Waals surface area contributed by atoms with Crippen molar-refractivity contribution < 1.29 is 0 Å². The Morgan fingerprint density at radius 3 is 2.92 bits per heavy atom. The molecule has 1 heterocycles. The molecule has 1 aromatic heterocycles. The van der Waals surface area contributed by atoms with Gasteiger partial charge in [-0.05, 0) is 24.4 Å². The monoisotopic (exact) mass is 174 g/mol. The summed E-state index contributed by atoms with van der Waals surface area (Å²) >= 11 is 4.53. The van der Waals surface area contributed by atoms with Crippen molar-refractivity contribution in [2.45, 2.75) is 0 Å². The van der Waals surface area contributed by atoms with Gasteiger partial charge in [0.1, 0.15) is 0 Å². The molecule has 0 radical (unpaired) electrons. The number of para-hydroxylation sites is 1. The van der Waals surface area contributed by atoms with Crippen molar-refractivity contribution in [3.05, 3.63) is 36.5 Å². The summed E-state index contributed by atoms with van der Waals surface area (Å²) < 4.78 is 1.71. The Morgan fingerprint density at radius 1 is 1.25 bits per heavy atom. The van der Waals surface area contributed by atoms with E-state index in [0.717, 1.165) is 10.9 Å². The van der Waals surface area contributed by atoms with Crippen molar-refractivity contribution in [2.75, 3.05) is 0 Å². The van der Waals surface area contributed by atoms with Crippen LogP contribution in [0.4, 0.5) is 0 Å². The molecule has 0 unspecified atom stereocenters. The Labute approximate surface area is 75.1 Å². The average molecular weight is 174 g/mol. The highest BCUT2D eigenvalue weighted by atomic mass is 32.1. The van der Waals surface area contributed by atoms with Gasteiger partial charge in [-0.15, -0.1) is 5.10 Å². The van der Waals surface area contributed by atoms with E-state index in [4.69, 9.17) is 0 Å². The molecule has 2 rings (SSSR count). The van der Waals surface area contributed by atoms with E-state index in [0.29, 0.717) is 0 Å². The maximum atomic E-state index is 4.53. The van der Waals surface area contributed by atoms with Crippen LogP contribution in [0.1, 0.15) is 0 Å². The van der Waals surface area contributed by atoms with Crippen LogP contribution in [0.25, 0.3) is 10.9 Å². The van der Waals surface area contributed by atoms with Crippen LogP contribution in [-0.4, -0.2) is 9.84 Å². The first kappa shape index (κ1) is 7.22. The molecule has 12 heavy (non-hydrogen) atoms. The van der Waals surface area contributed by atoms with Crippen molar-refractivity contribution in [3.8, 4) is 0 Å². The van der Waals surface area contributed by atoms with Gasteiger partial charge in [0.15, 0.2) is 0 Å². The number of aromatic nitrogens is 1. The molecule has 0 atom stereocenters. The molecule has 0 aliphatic rings. The second kappa shape index (κ2) is 2.89. The van der Waals surface area contributed by atoms with Gasteiger partial charge >= 0.3 is 0 Å². The molecule has 0 N–H and O–H groups in total. The van der Waals surface area contributed by atoms with Crippen molar-refractivity contribution >= 4 is 28.3 Å². The zero-order chi connectivity index (χ0) is 8.39. The van der Waals surface area contributed by atoms with Gasteiger partial charge in [-0.3, -0.25) is 0 Å². The molecule has 0 bridgehead atoms. The summed E-state index contributed by atoms with van der Waals surface area (Å²) in [5.74, 6) is 0. The maximum Gasteiger partial charge on any atom is 0.0854 e. The lowest BCUT2D eigenvalue weighted by molar-refractivity contribution is 0.938. The van der Waals surface area contributed by atoms with E-state index in [9.17, 15) is 0 Å². The number of nitrogens with zero attached hydrogens (tertiary/aromatic N) is 2. The summed E-state index contributed by atoms with van der Waals surface area (Å²) in [7, 11) is 0. The lowest BCUT2D eigenvalue weighted by atomic mass is 10.3. The van der Waals surface area contributed by atoms with Crippen molar-refractivity contribution in [2.24, 2.45) is 5.10 Å². The lowest BCUT2D eigenvalue weighted by Crippen LogP contribution is -1.82. The molecule has 1 aromatic carbocycles. The van der Waals surface area contributed by atoms with E-state index in [2.05, 4.69) is 22.5 Å². The first-order valence-corrected chi connectivity index (χ1v) is 3.97. The third kappa shape index (κ3) is 1.05. The van der Waals surface area contributed by atoms with Gasteiger partial charge in [0, 0.05) is 11.6 Å². The van der Waals surface area contributed by atoms with Gasteiger partial charge in [-0.2, -0.15) is 0 Å². The van der Waals surface area contributed by atoms with E-state index in [1.807, 2.05) is 36.5 Å². The summed E-state index contributed by atoms with van der Waals surface area (Å²) in [6.07, 6.45) is 1.87. The smallest absolute Gasteiger partial charge is 0.0854 e. The number of fused-ring (bicyclic) bond motifs is 1. The van der Waals surface area contributed by atoms with Gasteiger partial charge < -0.3 is 0 Å². The molecule has 58 valence electrons. The van der Waals surface area contributed by atoms with Gasteiger partial charge in [-0.25, -0.2) is 4.68 Å². The summed E-state index contributed by atoms with van der Waals surface area (Å²) in [6.45, 7) is 0. The minimum Gasteiger partial charge on any atom is -0.231 e. The predicted molar refractivity (Wildman–Crippen MR) is 52.4 cm³/mol. The Bertz CT molecular complexity index is 452. The molecule has 0 spiro atoms. The minimum absolute atomic E-state index is 1.05.